The zero-order valence-electron chi connectivity index (χ0n) is 11.1. The molecule has 18 heavy (non-hydrogen) atoms. The number of rotatable bonds is 5. The average molecular weight is 257 g/mol. The van der Waals surface area contributed by atoms with Gasteiger partial charge in [-0.2, -0.15) is 0 Å². The van der Waals surface area contributed by atoms with E-state index in [0.717, 1.165) is 51.9 Å². The van der Waals surface area contributed by atoms with Crippen molar-refractivity contribution < 1.29 is 19.0 Å². The molecule has 0 unspecified atom stereocenters. The number of ether oxygens (including phenoxy) is 3. The van der Waals surface area contributed by atoms with Crippen molar-refractivity contribution in [2.75, 3.05) is 26.9 Å². The number of hydrogen-bond acceptors (Lipinski definition) is 5. The molecule has 0 aromatic carbocycles. The molecule has 1 aliphatic heterocycles. The largest absolute Gasteiger partial charge is 0.469 e. The second-order valence-corrected chi connectivity index (χ2v) is 5.02. The van der Waals surface area contributed by atoms with Gasteiger partial charge in [0.1, 0.15) is 0 Å². The van der Waals surface area contributed by atoms with Crippen LogP contribution in [-0.4, -0.2) is 44.7 Å². The van der Waals surface area contributed by atoms with Crippen molar-refractivity contribution in [3.8, 4) is 0 Å². The Hall–Kier alpha value is -0.650. The third-order valence-electron chi connectivity index (χ3n) is 3.78. The minimum Gasteiger partial charge on any atom is -0.469 e. The predicted molar refractivity (Wildman–Crippen MR) is 66.1 cm³/mol. The maximum atomic E-state index is 10.9. The maximum absolute atomic E-state index is 10.9. The molecule has 2 aliphatic rings. The Morgan fingerprint density at radius 2 is 2.00 bits per heavy atom. The number of carbonyl (C=O) groups excluding carboxylic acids is 1. The van der Waals surface area contributed by atoms with Crippen molar-refractivity contribution in [1.29, 1.82) is 0 Å². The molecule has 0 aromatic heterocycles. The van der Waals surface area contributed by atoms with Crippen molar-refractivity contribution >= 4 is 5.97 Å². The Labute approximate surface area is 108 Å². The van der Waals surface area contributed by atoms with Crippen LogP contribution in [0.15, 0.2) is 0 Å². The monoisotopic (exact) mass is 257 g/mol. The molecule has 5 nitrogen and oxygen atoms in total. The summed E-state index contributed by atoms with van der Waals surface area (Å²) >= 11 is 0. The number of nitrogens with one attached hydrogen (secondary N) is 1. The summed E-state index contributed by atoms with van der Waals surface area (Å²) < 4.78 is 16.0. The van der Waals surface area contributed by atoms with E-state index in [2.05, 4.69) is 10.1 Å². The molecular weight excluding hydrogens is 234 g/mol. The highest BCUT2D eigenvalue weighted by Gasteiger charge is 2.39. The van der Waals surface area contributed by atoms with E-state index in [4.69, 9.17) is 9.47 Å². The molecule has 5 heteroatoms. The van der Waals surface area contributed by atoms with Gasteiger partial charge in [-0.15, -0.1) is 0 Å². The summed E-state index contributed by atoms with van der Waals surface area (Å²) in [6.45, 7) is 2.34. The van der Waals surface area contributed by atoms with Crippen molar-refractivity contribution in [2.45, 2.75) is 50.4 Å². The van der Waals surface area contributed by atoms with Crippen LogP contribution in [0.4, 0.5) is 0 Å². The molecule has 2 fully saturated rings. The first-order valence-corrected chi connectivity index (χ1v) is 6.82. The summed E-state index contributed by atoms with van der Waals surface area (Å²) in [5, 5.41) is 3.49. The Kier molecular flexibility index (Phi) is 4.97. The van der Waals surface area contributed by atoms with Gasteiger partial charge in [0.05, 0.1) is 20.3 Å². The third kappa shape index (κ3) is 3.67. The molecule has 104 valence electrons. The summed E-state index contributed by atoms with van der Waals surface area (Å²) in [6, 6.07) is 0.529. The highest BCUT2D eigenvalue weighted by Crippen LogP contribution is 2.35. The average Bonchev–Trinajstić information content (AvgIpc) is 2.85. The number of hydrogen-bond donors (Lipinski definition) is 1. The van der Waals surface area contributed by atoms with Gasteiger partial charge in [0.25, 0.3) is 0 Å². The highest BCUT2D eigenvalue weighted by atomic mass is 16.7. The number of carbonyl (C=O) groups is 1. The molecule has 1 saturated heterocycles. The second-order valence-electron chi connectivity index (χ2n) is 5.02. The molecule has 1 saturated carbocycles. The van der Waals surface area contributed by atoms with Crippen molar-refractivity contribution in [1.82, 2.24) is 5.32 Å². The molecule has 0 aromatic rings. The van der Waals surface area contributed by atoms with Crippen LogP contribution < -0.4 is 5.32 Å². The SMILES string of the molecule is COC(=O)CCCNC1CCC2(CC1)OCCO2. The summed E-state index contributed by atoms with van der Waals surface area (Å²) in [6.07, 6.45) is 5.44. The summed E-state index contributed by atoms with van der Waals surface area (Å²) in [7, 11) is 1.43. The minimum atomic E-state index is -0.274. The van der Waals surface area contributed by atoms with E-state index in [-0.39, 0.29) is 11.8 Å². The fourth-order valence-corrected chi connectivity index (χ4v) is 2.69. The van der Waals surface area contributed by atoms with Gasteiger partial charge >= 0.3 is 5.97 Å². The summed E-state index contributed by atoms with van der Waals surface area (Å²) in [5.74, 6) is -0.406. The first-order chi connectivity index (χ1) is 8.74. The van der Waals surface area contributed by atoms with Gasteiger partial charge in [0.2, 0.25) is 0 Å². The van der Waals surface area contributed by atoms with Gasteiger partial charge < -0.3 is 19.5 Å². The van der Waals surface area contributed by atoms with E-state index in [1.54, 1.807) is 0 Å². The van der Waals surface area contributed by atoms with Crippen LogP contribution in [0, 0.1) is 0 Å². The molecule has 0 amide bonds. The zero-order chi connectivity index (χ0) is 12.8. The lowest BCUT2D eigenvalue weighted by molar-refractivity contribution is -0.179. The molecule has 2 rings (SSSR count). The van der Waals surface area contributed by atoms with E-state index in [1.807, 2.05) is 0 Å². The van der Waals surface area contributed by atoms with E-state index < -0.39 is 0 Å². The topological polar surface area (TPSA) is 56.8 Å². The first-order valence-electron chi connectivity index (χ1n) is 6.82. The molecule has 1 aliphatic carbocycles. The molecule has 1 N–H and O–H groups in total. The van der Waals surface area contributed by atoms with Crippen LogP contribution in [-0.2, 0) is 19.0 Å². The van der Waals surface area contributed by atoms with Crippen molar-refractivity contribution in [3.63, 3.8) is 0 Å². The molecule has 0 radical (unpaired) electrons. The van der Waals surface area contributed by atoms with Gasteiger partial charge in [0.15, 0.2) is 5.79 Å². The minimum absolute atomic E-state index is 0.132. The molecule has 0 atom stereocenters. The quantitative estimate of drug-likeness (QED) is 0.593. The van der Waals surface area contributed by atoms with Crippen LogP contribution in [0.3, 0.4) is 0 Å². The second kappa shape index (κ2) is 6.50. The van der Waals surface area contributed by atoms with Crippen LogP contribution in [0.1, 0.15) is 38.5 Å². The Morgan fingerprint density at radius 3 is 2.61 bits per heavy atom. The van der Waals surface area contributed by atoms with Gasteiger partial charge in [-0.25, -0.2) is 0 Å². The Balaban J connectivity index is 1.57. The maximum Gasteiger partial charge on any atom is 0.305 e. The lowest BCUT2D eigenvalue weighted by Crippen LogP contribution is -2.42. The fraction of sp³-hybridized carbons (Fsp3) is 0.923. The smallest absolute Gasteiger partial charge is 0.305 e. The van der Waals surface area contributed by atoms with E-state index in [0.29, 0.717) is 12.5 Å². The number of methoxy groups -OCH3 is 1. The molecular formula is C13H23NO4. The van der Waals surface area contributed by atoms with Gasteiger partial charge in [-0.05, 0) is 25.8 Å². The third-order valence-corrected chi connectivity index (χ3v) is 3.78. The standard InChI is InChI=1S/C13H23NO4/c1-16-12(15)3-2-8-14-11-4-6-13(7-5-11)17-9-10-18-13/h11,14H,2-10H2,1H3. The van der Waals surface area contributed by atoms with E-state index in [9.17, 15) is 4.79 Å². The summed E-state index contributed by atoms with van der Waals surface area (Å²) in [4.78, 5) is 10.9. The normalized spacial score (nSPS) is 23.4. The van der Waals surface area contributed by atoms with Crippen LogP contribution >= 0.6 is 0 Å². The van der Waals surface area contributed by atoms with Gasteiger partial charge in [-0.3, -0.25) is 4.79 Å². The fourth-order valence-electron chi connectivity index (χ4n) is 2.69. The summed E-state index contributed by atoms with van der Waals surface area (Å²) in [5.41, 5.74) is 0. The molecule has 1 heterocycles. The highest BCUT2D eigenvalue weighted by molar-refractivity contribution is 5.69. The van der Waals surface area contributed by atoms with Crippen LogP contribution in [0.5, 0.6) is 0 Å². The zero-order valence-corrected chi connectivity index (χ0v) is 11.1. The molecule has 1 spiro atoms. The van der Waals surface area contributed by atoms with Crippen molar-refractivity contribution in [3.05, 3.63) is 0 Å². The van der Waals surface area contributed by atoms with E-state index in [1.165, 1.54) is 7.11 Å². The van der Waals surface area contributed by atoms with Gasteiger partial charge in [0, 0.05) is 25.3 Å². The van der Waals surface area contributed by atoms with Crippen LogP contribution in [0.25, 0.3) is 0 Å². The molecule has 0 bridgehead atoms. The van der Waals surface area contributed by atoms with Crippen LogP contribution in [0.2, 0.25) is 0 Å². The Morgan fingerprint density at radius 1 is 1.33 bits per heavy atom. The lowest BCUT2D eigenvalue weighted by atomic mass is 9.90. The predicted octanol–water partition coefficient (Wildman–Crippen LogP) is 1.21. The Bertz CT molecular complexity index is 266. The number of esters is 1. The van der Waals surface area contributed by atoms with Gasteiger partial charge in [-0.1, -0.05) is 0 Å². The first kappa shape index (κ1) is 13.8. The van der Waals surface area contributed by atoms with E-state index >= 15 is 0 Å². The van der Waals surface area contributed by atoms with Crippen molar-refractivity contribution in [2.24, 2.45) is 0 Å². The lowest BCUT2D eigenvalue weighted by Gasteiger charge is -2.35.